The highest BCUT2D eigenvalue weighted by Crippen LogP contribution is 2.22. The SMILES string of the molecule is CCc1ccsc1C(=O)N(C)c1ccc(Br)cn1. The van der Waals surface area contributed by atoms with Crippen molar-refractivity contribution in [1.29, 1.82) is 0 Å². The molecule has 0 unspecified atom stereocenters. The molecule has 0 saturated carbocycles. The van der Waals surface area contributed by atoms with E-state index in [0.717, 1.165) is 21.3 Å². The Morgan fingerprint density at radius 1 is 1.44 bits per heavy atom. The molecule has 0 aliphatic carbocycles. The van der Waals surface area contributed by atoms with E-state index in [4.69, 9.17) is 0 Å². The molecule has 0 saturated heterocycles. The van der Waals surface area contributed by atoms with E-state index in [9.17, 15) is 4.79 Å². The number of carbonyl (C=O) groups is 1. The average molecular weight is 325 g/mol. The fourth-order valence-electron chi connectivity index (χ4n) is 1.62. The summed E-state index contributed by atoms with van der Waals surface area (Å²) in [6, 6.07) is 5.70. The van der Waals surface area contributed by atoms with Gasteiger partial charge in [-0.1, -0.05) is 6.92 Å². The normalized spacial score (nSPS) is 10.4. The van der Waals surface area contributed by atoms with E-state index < -0.39 is 0 Å². The monoisotopic (exact) mass is 324 g/mol. The molecular weight excluding hydrogens is 312 g/mol. The molecule has 0 aliphatic rings. The topological polar surface area (TPSA) is 33.2 Å². The Labute approximate surface area is 119 Å². The van der Waals surface area contributed by atoms with Crippen LogP contribution in [0.2, 0.25) is 0 Å². The number of pyridine rings is 1. The molecule has 0 spiro atoms. The first-order valence-electron chi connectivity index (χ1n) is 5.59. The van der Waals surface area contributed by atoms with Crippen molar-refractivity contribution in [3.63, 3.8) is 0 Å². The maximum Gasteiger partial charge on any atom is 0.269 e. The Hall–Kier alpha value is -1.20. The highest BCUT2D eigenvalue weighted by atomic mass is 79.9. The van der Waals surface area contributed by atoms with Gasteiger partial charge in [0.15, 0.2) is 0 Å². The molecule has 0 atom stereocenters. The van der Waals surface area contributed by atoms with Crippen LogP contribution in [0.5, 0.6) is 0 Å². The smallest absolute Gasteiger partial charge is 0.269 e. The van der Waals surface area contributed by atoms with Crippen molar-refractivity contribution in [2.24, 2.45) is 0 Å². The summed E-state index contributed by atoms with van der Waals surface area (Å²) in [5.74, 6) is 0.648. The molecule has 0 aliphatic heterocycles. The molecule has 3 nitrogen and oxygen atoms in total. The highest BCUT2D eigenvalue weighted by Gasteiger charge is 2.18. The quantitative estimate of drug-likeness (QED) is 0.861. The van der Waals surface area contributed by atoms with Gasteiger partial charge in [-0.05, 0) is 51.5 Å². The van der Waals surface area contributed by atoms with Crippen LogP contribution in [0.4, 0.5) is 5.82 Å². The van der Waals surface area contributed by atoms with Crippen LogP contribution in [0.25, 0.3) is 0 Å². The first-order chi connectivity index (χ1) is 8.63. The predicted octanol–water partition coefficient (Wildman–Crippen LogP) is 3.74. The molecule has 0 N–H and O–H groups in total. The fraction of sp³-hybridized carbons (Fsp3) is 0.231. The van der Waals surface area contributed by atoms with Gasteiger partial charge in [0.05, 0.1) is 4.88 Å². The second-order valence-corrected chi connectivity index (χ2v) is 5.66. The van der Waals surface area contributed by atoms with Crippen molar-refractivity contribution >= 4 is 39.0 Å². The minimum atomic E-state index is -0.00308. The molecule has 18 heavy (non-hydrogen) atoms. The zero-order chi connectivity index (χ0) is 13.1. The lowest BCUT2D eigenvalue weighted by molar-refractivity contribution is 0.0995. The Kier molecular flexibility index (Phi) is 4.14. The molecule has 0 bridgehead atoms. The second kappa shape index (κ2) is 5.63. The van der Waals surface area contributed by atoms with Crippen LogP contribution in [0.3, 0.4) is 0 Å². The van der Waals surface area contributed by atoms with Gasteiger partial charge < -0.3 is 0 Å². The second-order valence-electron chi connectivity index (χ2n) is 3.83. The Balaban J connectivity index is 2.26. The van der Waals surface area contributed by atoms with Gasteiger partial charge >= 0.3 is 0 Å². The summed E-state index contributed by atoms with van der Waals surface area (Å²) in [5, 5.41) is 1.95. The minimum absolute atomic E-state index is 0.00308. The number of rotatable bonds is 3. The van der Waals surface area contributed by atoms with Gasteiger partial charge in [0.1, 0.15) is 5.82 Å². The fourth-order valence-corrected chi connectivity index (χ4v) is 2.83. The summed E-state index contributed by atoms with van der Waals surface area (Å²) in [6.07, 6.45) is 2.56. The van der Waals surface area contributed by atoms with Crippen LogP contribution in [0.15, 0.2) is 34.2 Å². The van der Waals surface area contributed by atoms with E-state index >= 15 is 0 Å². The molecule has 0 radical (unpaired) electrons. The predicted molar refractivity (Wildman–Crippen MR) is 78.4 cm³/mol. The lowest BCUT2D eigenvalue weighted by Crippen LogP contribution is -2.26. The standard InChI is InChI=1S/C13H13BrN2OS/c1-3-9-6-7-18-12(9)13(17)16(2)11-5-4-10(14)8-15-11/h4-8H,3H2,1-2H3. The van der Waals surface area contributed by atoms with Crippen molar-refractivity contribution in [2.75, 3.05) is 11.9 Å². The molecular formula is C13H13BrN2OS. The zero-order valence-corrected chi connectivity index (χ0v) is 12.6. The number of anilines is 1. The number of aromatic nitrogens is 1. The molecule has 2 aromatic rings. The van der Waals surface area contributed by atoms with Crippen molar-refractivity contribution in [3.05, 3.63) is 44.7 Å². The number of halogens is 1. The first kappa shape index (κ1) is 13.2. The number of hydrogen-bond donors (Lipinski definition) is 0. The Bertz CT molecular complexity index is 550. The van der Waals surface area contributed by atoms with E-state index in [1.165, 1.54) is 11.3 Å². The summed E-state index contributed by atoms with van der Waals surface area (Å²) >= 11 is 4.81. The minimum Gasteiger partial charge on any atom is -0.295 e. The van der Waals surface area contributed by atoms with E-state index in [1.807, 2.05) is 23.6 Å². The molecule has 5 heteroatoms. The molecule has 2 heterocycles. The van der Waals surface area contributed by atoms with Crippen LogP contribution < -0.4 is 4.90 Å². The van der Waals surface area contributed by atoms with Gasteiger partial charge in [0.2, 0.25) is 0 Å². The van der Waals surface area contributed by atoms with Crippen molar-refractivity contribution in [1.82, 2.24) is 4.98 Å². The van der Waals surface area contributed by atoms with Crippen molar-refractivity contribution in [2.45, 2.75) is 13.3 Å². The van der Waals surface area contributed by atoms with Crippen LogP contribution in [0, 0.1) is 0 Å². The van der Waals surface area contributed by atoms with Crippen LogP contribution in [-0.4, -0.2) is 17.9 Å². The third kappa shape index (κ3) is 2.62. The van der Waals surface area contributed by atoms with E-state index in [-0.39, 0.29) is 5.91 Å². The van der Waals surface area contributed by atoms with Gasteiger partial charge in [-0.3, -0.25) is 9.69 Å². The van der Waals surface area contributed by atoms with E-state index in [1.54, 1.807) is 18.1 Å². The molecule has 0 aromatic carbocycles. The number of nitrogens with zero attached hydrogens (tertiary/aromatic N) is 2. The van der Waals surface area contributed by atoms with E-state index in [2.05, 4.69) is 27.8 Å². The maximum atomic E-state index is 12.4. The zero-order valence-electron chi connectivity index (χ0n) is 10.2. The van der Waals surface area contributed by atoms with E-state index in [0.29, 0.717) is 5.82 Å². The number of amides is 1. The van der Waals surface area contributed by atoms with Crippen LogP contribution in [0.1, 0.15) is 22.2 Å². The number of carbonyl (C=O) groups excluding carboxylic acids is 1. The molecule has 0 fully saturated rings. The van der Waals surface area contributed by atoms with Gasteiger partial charge in [-0.2, -0.15) is 0 Å². The molecule has 2 aromatic heterocycles. The Morgan fingerprint density at radius 3 is 2.83 bits per heavy atom. The maximum absolute atomic E-state index is 12.4. The van der Waals surface area contributed by atoms with Crippen LogP contribution >= 0.6 is 27.3 Å². The number of hydrogen-bond acceptors (Lipinski definition) is 3. The average Bonchev–Trinajstić information content (AvgIpc) is 2.86. The van der Waals surface area contributed by atoms with Crippen molar-refractivity contribution < 1.29 is 4.79 Å². The summed E-state index contributed by atoms with van der Waals surface area (Å²) in [5.41, 5.74) is 1.09. The largest absolute Gasteiger partial charge is 0.295 e. The molecule has 2 rings (SSSR count). The third-order valence-corrected chi connectivity index (χ3v) is 4.10. The number of aryl methyl sites for hydroxylation is 1. The van der Waals surface area contributed by atoms with Gasteiger partial charge in [-0.25, -0.2) is 4.98 Å². The Morgan fingerprint density at radius 2 is 2.22 bits per heavy atom. The van der Waals surface area contributed by atoms with Crippen molar-refractivity contribution in [3.8, 4) is 0 Å². The number of thiophene rings is 1. The van der Waals surface area contributed by atoms with Gasteiger partial charge in [-0.15, -0.1) is 11.3 Å². The summed E-state index contributed by atoms with van der Waals surface area (Å²) in [7, 11) is 1.75. The lowest BCUT2D eigenvalue weighted by Gasteiger charge is -2.16. The summed E-state index contributed by atoms with van der Waals surface area (Å²) < 4.78 is 0.900. The van der Waals surface area contributed by atoms with Crippen LogP contribution in [-0.2, 0) is 6.42 Å². The highest BCUT2D eigenvalue weighted by molar-refractivity contribution is 9.10. The third-order valence-electron chi connectivity index (χ3n) is 2.68. The molecule has 94 valence electrons. The summed E-state index contributed by atoms with van der Waals surface area (Å²) in [4.78, 5) is 19.0. The summed E-state index contributed by atoms with van der Waals surface area (Å²) in [6.45, 7) is 2.05. The molecule has 1 amide bonds. The van der Waals surface area contributed by atoms with Gasteiger partial charge in [0, 0.05) is 17.7 Å². The van der Waals surface area contributed by atoms with Gasteiger partial charge in [0.25, 0.3) is 5.91 Å². The lowest BCUT2D eigenvalue weighted by atomic mass is 10.2. The first-order valence-corrected chi connectivity index (χ1v) is 7.26.